The lowest BCUT2D eigenvalue weighted by Gasteiger charge is -2.35. The zero-order valence-electron chi connectivity index (χ0n) is 14.8. The highest BCUT2D eigenvalue weighted by molar-refractivity contribution is 8.00. The van der Waals surface area contributed by atoms with Crippen LogP contribution in [0.1, 0.15) is 58.3 Å². The maximum Gasteiger partial charge on any atom is 0.239 e. The van der Waals surface area contributed by atoms with Gasteiger partial charge in [-0.2, -0.15) is 0 Å². The average Bonchev–Trinajstić information content (AvgIpc) is 2.57. The van der Waals surface area contributed by atoms with Gasteiger partial charge in [-0.15, -0.1) is 11.8 Å². The third-order valence-electron chi connectivity index (χ3n) is 5.18. The highest BCUT2D eigenvalue weighted by Gasteiger charge is 2.25. The van der Waals surface area contributed by atoms with Crippen LogP contribution in [0.15, 0.2) is 29.2 Å². The molecule has 1 aliphatic heterocycles. The molecular weight excluding hydrogens is 316 g/mol. The van der Waals surface area contributed by atoms with E-state index in [-0.39, 0.29) is 5.91 Å². The Bertz CT molecular complexity index is 540. The molecule has 1 saturated carbocycles. The van der Waals surface area contributed by atoms with Crippen molar-refractivity contribution >= 4 is 23.4 Å². The minimum Gasteiger partial charge on any atom is -0.360 e. The van der Waals surface area contributed by atoms with E-state index in [0.29, 0.717) is 17.8 Å². The molecule has 1 aromatic rings. The van der Waals surface area contributed by atoms with Gasteiger partial charge in [0.1, 0.15) is 0 Å². The van der Waals surface area contributed by atoms with Crippen LogP contribution in [-0.2, 0) is 4.79 Å². The summed E-state index contributed by atoms with van der Waals surface area (Å²) in [7, 11) is 0. The molecule has 1 aliphatic carbocycles. The number of nitrogens with zero attached hydrogens (tertiary/aromatic N) is 1. The molecule has 1 aromatic carbocycles. The smallest absolute Gasteiger partial charge is 0.239 e. The Labute approximate surface area is 150 Å². The van der Waals surface area contributed by atoms with Crippen molar-refractivity contribution in [2.45, 2.75) is 74.5 Å². The number of rotatable bonds is 4. The van der Waals surface area contributed by atoms with Gasteiger partial charge in [-0.3, -0.25) is 4.79 Å². The number of anilines is 1. The van der Waals surface area contributed by atoms with Gasteiger partial charge in [-0.05, 0) is 31.4 Å². The van der Waals surface area contributed by atoms with Gasteiger partial charge in [-0.1, -0.05) is 51.2 Å². The molecule has 0 spiro atoms. The normalized spacial score (nSPS) is 22.4. The van der Waals surface area contributed by atoms with Crippen LogP contribution < -0.4 is 10.2 Å². The number of amides is 1. The molecule has 1 N–H and O–H groups in total. The number of hydrogen-bond acceptors (Lipinski definition) is 3. The first-order valence-electron chi connectivity index (χ1n) is 9.56. The minimum absolute atomic E-state index is 0.192. The Morgan fingerprint density at radius 3 is 2.62 bits per heavy atom. The lowest BCUT2D eigenvalue weighted by Crippen LogP contribution is -2.45. The van der Waals surface area contributed by atoms with Crippen molar-refractivity contribution in [3.63, 3.8) is 0 Å². The van der Waals surface area contributed by atoms with E-state index >= 15 is 0 Å². The van der Waals surface area contributed by atoms with E-state index in [1.54, 1.807) is 0 Å². The van der Waals surface area contributed by atoms with Gasteiger partial charge in [0, 0.05) is 22.7 Å². The van der Waals surface area contributed by atoms with Gasteiger partial charge in [-0.25, -0.2) is 0 Å². The molecule has 0 aromatic heterocycles. The first-order valence-corrected chi connectivity index (χ1v) is 10.4. The summed E-state index contributed by atoms with van der Waals surface area (Å²) >= 11 is 1.96. The van der Waals surface area contributed by atoms with E-state index in [0.717, 1.165) is 25.8 Å². The van der Waals surface area contributed by atoms with Crippen LogP contribution in [0.3, 0.4) is 0 Å². The molecule has 0 bridgehead atoms. The topological polar surface area (TPSA) is 32.3 Å². The second-order valence-corrected chi connectivity index (χ2v) is 8.45. The van der Waals surface area contributed by atoms with Crippen molar-refractivity contribution in [1.29, 1.82) is 0 Å². The second-order valence-electron chi connectivity index (χ2n) is 7.11. The summed E-state index contributed by atoms with van der Waals surface area (Å²) in [5.74, 6) is 0.192. The molecule has 2 aliphatic rings. The average molecular weight is 347 g/mol. The SMILES string of the molecule is CC[C@@H]1CN(CC(=O)NC2CCCCCCC2)c2ccccc2S1. The predicted molar refractivity (Wildman–Crippen MR) is 103 cm³/mol. The molecule has 0 saturated heterocycles. The number of para-hydroxylation sites is 1. The van der Waals surface area contributed by atoms with Crippen molar-refractivity contribution in [1.82, 2.24) is 5.32 Å². The van der Waals surface area contributed by atoms with Crippen molar-refractivity contribution in [3.05, 3.63) is 24.3 Å². The summed E-state index contributed by atoms with van der Waals surface area (Å²) in [6.45, 7) is 3.69. The summed E-state index contributed by atoms with van der Waals surface area (Å²) in [6, 6.07) is 8.88. The molecule has 24 heavy (non-hydrogen) atoms. The standard InChI is InChI=1S/C20H30N2OS/c1-2-17-14-22(18-12-8-9-13-19(18)24-17)15-20(23)21-16-10-6-4-3-5-7-11-16/h8-9,12-13,16-17H,2-7,10-11,14-15H2,1H3,(H,21,23)/t17-/m1/s1. The number of carbonyl (C=O) groups is 1. The largest absolute Gasteiger partial charge is 0.360 e. The number of carbonyl (C=O) groups excluding carboxylic acids is 1. The van der Waals surface area contributed by atoms with E-state index in [9.17, 15) is 4.79 Å². The molecule has 1 fully saturated rings. The first kappa shape index (κ1) is 17.7. The number of hydrogen-bond donors (Lipinski definition) is 1. The predicted octanol–water partition coefficient (Wildman–Crippen LogP) is 4.61. The number of benzene rings is 1. The van der Waals surface area contributed by atoms with Gasteiger partial charge in [0.25, 0.3) is 0 Å². The fourth-order valence-corrected chi connectivity index (χ4v) is 5.04. The number of fused-ring (bicyclic) bond motifs is 1. The van der Waals surface area contributed by atoms with Crippen molar-refractivity contribution in [2.75, 3.05) is 18.0 Å². The molecule has 3 rings (SSSR count). The molecule has 1 atom stereocenters. The summed E-state index contributed by atoms with van der Waals surface area (Å²) in [5.41, 5.74) is 1.22. The zero-order chi connectivity index (χ0) is 16.8. The fraction of sp³-hybridized carbons (Fsp3) is 0.650. The molecule has 1 amide bonds. The third kappa shape index (κ3) is 4.69. The van der Waals surface area contributed by atoms with E-state index in [1.807, 2.05) is 11.8 Å². The van der Waals surface area contributed by atoms with Crippen LogP contribution in [0, 0.1) is 0 Å². The van der Waals surface area contributed by atoms with Gasteiger partial charge >= 0.3 is 0 Å². The lowest BCUT2D eigenvalue weighted by molar-refractivity contribution is -0.120. The second kappa shape index (κ2) is 8.80. The monoisotopic (exact) mass is 346 g/mol. The minimum atomic E-state index is 0.192. The maximum absolute atomic E-state index is 12.6. The summed E-state index contributed by atoms with van der Waals surface area (Å²) in [6.07, 6.45) is 9.95. The molecule has 132 valence electrons. The van der Waals surface area contributed by atoms with Crippen molar-refractivity contribution in [3.8, 4) is 0 Å². The number of nitrogens with one attached hydrogen (secondary N) is 1. The highest BCUT2D eigenvalue weighted by atomic mass is 32.2. The Morgan fingerprint density at radius 1 is 1.17 bits per heavy atom. The first-order chi connectivity index (χ1) is 11.8. The number of thioether (sulfide) groups is 1. The van der Waals surface area contributed by atoms with Crippen LogP contribution in [-0.4, -0.2) is 30.3 Å². The van der Waals surface area contributed by atoms with Crippen molar-refractivity contribution in [2.24, 2.45) is 0 Å². The molecule has 0 radical (unpaired) electrons. The van der Waals surface area contributed by atoms with Crippen LogP contribution in [0.25, 0.3) is 0 Å². The Morgan fingerprint density at radius 2 is 1.88 bits per heavy atom. The zero-order valence-corrected chi connectivity index (χ0v) is 15.6. The molecule has 4 heteroatoms. The lowest BCUT2D eigenvalue weighted by atomic mass is 9.97. The third-order valence-corrected chi connectivity index (χ3v) is 6.60. The molecule has 3 nitrogen and oxygen atoms in total. The summed E-state index contributed by atoms with van der Waals surface area (Å²) in [4.78, 5) is 16.2. The van der Waals surface area contributed by atoms with Crippen LogP contribution >= 0.6 is 11.8 Å². The summed E-state index contributed by atoms with van der Waals surface area (Å²) < 4.78 is 0. The van der Waals surface area contributed by atoms with E-state index < -0.39 is 0 Å². The van der Waals surface area contributed by atoms with Gasteiger partial charge in [0.2, 0.25) is 5.91 Å². The Kier molecular flexibility index (Phi) is 6.47. The Hall–Kier alpha value is -1.16. The van der Waals surface area contributed by atoms with Gasteiger partial charge in [0.15, 0.2) is 0 Å². The molecule has 0 unspecified atom stereocenters. The maximum atomic E-state index is 12.6. The van der Waals surface area contributed by atoms with Crippen LogP contribution in [0.4, 0.5) is 5.69 Å². The quantitative estimate of drug-likeness (QED) is 0.864. The van der Waals surface area contributed by atoms with Crippen LogP contribution in [0.5, 0.6) is 0 Å². The summed E-state index contributed by atoms with van der Waals surface area (Å²) in [5, 5.41) is 3.89. The highest BCUT2D eigenvalue weighted by Crippen LogP contribution is 2.39. The van der Waals surface area contributed by atoms with Crippen LogP contribution in [0.2, 0.25) is 0 Å². The van der Waals surface area contributed by atoms with E-state index in [2.05, 4.69) is 41.4 Å². The van der Waals surface area contributed by atoms with Gasteiger partial charge < -0.3 is 10.2 Å². The van der Waals surface area contributed by atoms with E-state index in [4.69, 9.17) is 0 Å². The fourth-order valence-electron chi connectivity index (χ4n) is 3.79. The molecular formula is C20H30N2OS. The molecule has 1 heterocycles. The Balaban J connectivity index is 1.60. The van der Waals surface area contributed by atoms with E-state index in [1.165, 1.54) is 42.7 Å². The van der Waals surface area contributed by atoms with Gasteiger partial charge in [0.05, 0.1) is 12.2 Å². The van der Waals surface area contributed by atoms with Crippen molar-refractivity contribution < 1.29 is 4.79 Å².